The molecule has 214 valence electrons. The topological polar surface area (TPSA) is 113 Å². The number of ether oxygens (including phenoxy) is 2. The SMILES string of the molecule is C=CCOc1c(Br)cc(/C=c2\sc3n(c2=O)[C@H](c2ccc(Cl)cc2)C(C(=O)OCC)=C(C(F)(F)F)N=3)cc1[N+](=O)[O-]. The lowest BCUT2D eigenvalue weighted by atomic mass is 9.95. The molecule has 0 amide bonds. The van der Waals surface area contributed by atoms with Crippen LogP contribution in [0.5, 0.6) is 5.75 Å². The molecule has 1 aliphatic heterocycles. The van der Waals surface area contributed by atoms with Crippen LogP contribution >= 0.6 is 38.9 Å². The van der Waals surface area contributed by atoms with Crippen molar-refractivity contribution in [2.75, 3.05) is 13.2 Å². The number of hydrogen-bond donors (Lipinski definition) is 0. The van der Waals surface area contributed by atoms with E-state index in [9.17, 15) is 32.9 Å². The highest BCUT2D eigenvalue weighted by molar-refractivity contribution is 9.10. The number of alkyl halides is 3. The summed E-state index contributed by atoms with van der Waals surface area (Å²) in [5, 5.41) is 12.0. The van der Waals surface area contributed by atoms with E-state index in [1.54, 1.807) is 0 Å². The monoisotopic (exact) mass is 671 g/mol. The van der Waals surface area contributed by atoms with Crippen LogP contribution in [0.4, 0.5) is 18.9 Å². The van der Waals surface area contributed by atoms with E-state index in [1.165, 1.54) is 49.4 Å². The number of nitro benzene ring substituents is 1. The number of aromatic nitrogens is 1. The summed E-state index contributed by atoms with van der Waals surface area (Å²) >= 11 is 9.83. The van der Waals surface area contributed by atoms with E-state index in [0.29, 0.717) is 11.3 Å². The number of esters is 1. The van der Waals surface area contributed by atoms with Crippen LogP contribution < -0.4 is 19.6 Å². The molecule has 0 bridgehead atoms. The van der Waals surface area contributed by atoms with Gasteiger partial charge in [0.15, 0.2) is 10.5 Å². The molecule has 9 nitrogen and oxygen atoms in total. The fourth-order valence-electron chi connectivity index (χ4n) is 4.06. The Hall–Kier alpha value is -3.75. The maximum Gasteiger partial charge on any atom is 0.434 e. The van der Waals surface area contributed by atoms with Gasteiger partial charge in [0.1, 0.15) is 6.61 Å². The largest absolute Gasteiger partial charge is 0.482 e. The van der Waals surface area contributed by atoms with Gasteiger partial charge in [-0.2, -0.15) is 13.2 Å². The zero-order valence-electron chi connectivity index (χ0n) is 20.9. The Labute approximate surface area is 246 Å². The minimum atomic E-state index is -5.06. The van der Waals surface area contributed by atoms with Crippen LogP contribution in [-0.4, -0.2) is 34.8 Å². The number of fused-ring (bicyclic) bond motifs is 1. The van der Waals surface area contributed by atoms with Gasteiger partial charge in [0.05, 0.1) is 32.2 Å². The average Bonchev–Trinajstić information content (AvgIpc) is 3.21. The second-order valence-electron chi connectivity index (χ2n) is 8.32. The number of carbonyl (C=O) groups is 1. The highest BCUT2D eigenvalue weighted by Crippen LogP contribution is 2.39. The fourth-order valence-corrected chi connectivity index (χ4v) is 5.76. The molecule has 0 saturated carbocycles. The number of hydrogen-bond acceptors (Lipinski definition) is 8. The first-order chi connectivity index (χ1) is 19.4. The zero-order valence-corrected chi connectivity index (χ0v) is 24.1. The van der Waals surface area contributed by atoms with Crippen molar-refractivity contribution < 1.29 is 32.4 Å². The second kappa shape index (κ2) is 12.0. The van der Waals surface area contributed by atoms with Crippen LogP contribution in [0.2, 0.25) is 5.02 Å². The minimum Gasteiger partial charge on any atom is -0.482 e. The Morgan fingerprint density at radius 3 is 2.59 bits per heavy atom. The van der Waals surface area contributed by atoms with E-state index in [4.69, 9.17) is 21.1 Å². The van der Waals surface area contributed by atoms with Gasteiger partial charge in [-0.25, -0.2) is 9.79 Å². The molecule has 41 heavy (non-hydrogen) atoms. The van der Waals surface area contributed by atoms with Crippen LogP contribution in [0.1, 0.15) is 24.1 Å². The molecule has 1 aromatic heterocycles. The number of benzene rings is 2. The minimum absolute atomic E-state index is 0.00752. The van der Waals surface area contributed by atoms with Crippen molar-refractivity contribution in [2.45, 2.75) is 19.1 Å². The van der Waals surface area contributed by atoms with E-state index in [2.05, 4.69) is 27.5 Å². The third-order valence-corrected chi connectivity index (χ3v) is 7.49. The fraction of sp³-hybridized carbons (Fsp3) is 0.192. The predicted octanol–water partition coefficient (Wildman–Crippen LogP) is 5.23. The van der Waals surface area contributed by atoms with Gasteiger partial charge in [-0.15, -0.1) is 0 Å². The number of halogens is 5. The zero-order chi connectivity index (χ0) is 30.1. The molecule has 0 saturated heterocycles. The quantitative estimate of drug-likeness (QED) is 0.140. The van der Waals surface area contributed by atoms with Crippen molar-refractivity contribution in [1.82, 2.24) is 4.57 Å². The summed E-state index contributed by atoms with van der Waals surface area (Å²) in [5.41, 5.74) is -3.20. The summed E-state index contributed by atoms with van der Waals surface area (Å²) in [6.45, 7) is 4.71. The average molecular weight is 673 g/mol. The maximum atomic E-state index is 14.2. The third kappa shape index (κ3) is 6.14. The van der Waals surface area contributed by atoms with Crippen LogP contribution in [0.15, 0.2) is 74.6 Å². The van der Waals surface area contributed by atoms with E-state index in [-0.39, 0.29) is 48.9 Å². The molecule has 15 heteroatoms. The molecule has 2 heterocycles. The summed E-state index contributed by atoms with van der Waals surface area (Å²) in [4.78, 5) is 40.9. The number of nitro groups is 1. The van der Waals surface area contributed by atoms with Crippen molar-refractivity contribution in [1.29, 1.82) is 0 Å². The summed E-state index contributed by atoms with van der Waals surface area (Å²) in [6, 6.07) is 6.67. The highest BCUT2D eigenvalue weighted by Gasteiger charge is 2.45. The van der Waals surface area contributed by atoms with E-state index < -0.39 is 45.6 Å². The molecule has 0 unspecified atom stereocenters. The van der Waals surface area contributed by atoms with Crippen molar-refractivity contribution in [3.05, 3.63) is 111 Å². The Kier molecular flexibility index (Phi) is 8.85. The smallest absolute Gasteiger partial charge is 0.434 e. The number of carbonyl (C=O) groups excluding carboxylic acids is 1. The molecular weight excluding hydrogens is 655 g/mol. The van der Waals surface area contributed by atoms with Gasteiger partial charge in [-0.05, 0) is 58.3 Å². The van der Waals surface area contributed by atoms with Gasteiger partial charge in [0.25, 0.3) is 5.56 Å². The van der Waals surface area contributed by atoms with Gasteiger partial charge in [0, 0.05) is 11.1 Å². The standard InChI is InChI=1S/C26H18BrClF3N3O6S/c1-3-9-40-21-16(27)10-13(11-17(21)34(37)38)12-18-23(35)33-20(14-5-7-15(28)8-6-14)19(24(36)39-4-2)22(26(29,30)31)32-25(33)41-18/h3,5-8,10-12,20H,1,4,9H2,2H3/b18-12-/t20-/m1/s1. The van der Waals surface area contributed by atoms with Crippen LogP contribution in [0.25, 0.3) is 6.08 Å². The summed E-state index contributed by atoms with van der Waals surface area (Å²) in [6.07, 6.45) is -2.38. The van der Waals surface area contributed by atoms with Gasteiger partial charge in [0.2, 0.25) is 5.75 Å². The first-order valence-electron chi connectivity index (χ1n) is 11.6. The van der Waals surface area contributed by atoms with Crippen molar-refractivity contribution in [2.24, 2.45) is 4.99 Å². The van der Waals surface area contributed by atoms with Crippen LogP contribution in [-0.2, 0) is 9.53 Å². The molecule has 0 aliphatic carbocycles. The Morgan fingerprint density at radius 1 is 1.32 bits per heavy atom. The van der Waals surface area contributed by atoms with Crippen molar-refractivity contribution >= 4 is 56.6 Å². The van der Waals surface area contributed by atoms with Gasteiger partial charge in [-0.3, -0.25) is 19.5 Å². The molecule has 1 aliphatic rings. The van der Waals surface area contributed by atoms with Gasteiger partial charge >= 0.3 is 17.8 Å². The van der Waals surface area contributed by atoms with Crippen molar-refractivity contribution in [3.8, 4) is 5.75 Å². The van der Waals surface area contributed by atoms with Crippen LogP contribution in [0, 0.1) is 10.1 Å². The number of rotatable bonds is 8. The number of thiazole rings is 1. The Morgan fingerprint density at radius 2 is 2.00 bits per heavy atom. The molecular formula is C26H18BrClF3N3O6S. The lowest BCUT2D eigenvalue weighted by Crippen LogP contribution is -2.41. The molecule has 0 fully saturated rings. The maximum absolute atomic E-state index is 14.2. The lowest BCUT2D eigenvalue weighted by Gasteiger charge is -2.26. The Bertz CT molecular complexity index is 1770. The molecule has 0 N–H and O–H groups in total. The highest BCUT2D eigenvalue weighted by atomic mass is 79.9. The van der Waals surface area contributed by atoms with E-state index in [0.717, 1.165) is 10.6 Å². The first-order valence-corrected chi connectivity index (χ1v) is 13.6. The third-order valence-electron chi connectivity index (χ3n) is 5.67. The molecule has 0 spiro atoms. The van der Waals surface area contributed by atoms with Crippen molar-refractivity contribution in [3.63, 3.8) is 0 Å². The number of nitrogens with zero attached hydrogens (tertiary/aromatic N) is 3. The molecule has 0 radical (unpaired) electrons. The summed E-state index contributed by atoms with van der Waals surface area (Å²) < 4.78 is 54.1. The van der Waals surface area contributed by atoms with Gasteiger partial charge in [-0.1, -0.05) is 47.7 Å². The number of allylic oxidation sites excluding steroid dienone is 1. The summed E-state index contributed by atoms with van der Waals surface area (Å²) in [7, 11) is 0. The molecule has 4 rings (SSSR count). The Balaban J connectivity index is 2.01. The second-order valence-corrected chi connectivity index (χ2v) is 10.6. The first kappa shape index (κ1) is 30.2. The van der Waals surface area contributed by atoms with Crippen LogP contribution in [0.3, 0.4) is 0 Å². The predicted molar refractivity (Wildman–Crippen MR) is 149 cm³/mol. The molecule has 3 aromatic rings. The molecule has 1 atom stereocenters. The van der Waals surface area contributed by atoms with E-state index in [1.807, 2.05) is 0 Å². The normalized spacial score (nSPS) is 15.3. The van der Waals surface area contributed by atoms with Gasteiger partial charge < -0.3 is 9.47 Å². The lowest BCUT2D eigenvalue weighted by molar-refractivity contribution is -0.385. The molecule has 2 aromatic carbocycles. The van der Waals surface area contributed by atoms with E-state index >= 15 is 0 Å². The summed E-state index contributed by atoms with van der Waals surface area (Å²) in [5.74, 6) is -1.35.